The van der Waals surface area contributed by atoms with Crippen LogP contribution in [0.4, 0.5) is 21.5 Å². The Balaban J connectivity index is 1.61. The minimum Gasteiger partial charge on any atom is -0.369 e. The van der Waals surface area contributed by atoms with Crippen LogP contribution in [0.1, 0.15) is 36.2 Å². The van der Waals surface area contributed by atoms with Crippen molar-refractivity contribution in [1.29, 1.82) is 0 Å². The van der Waals surface area contributed by atoms with E-state index in [0.29, 0.717) is 45.6 Å². The molecule has 33 heavy (non-hydrogen) atoms. The van der Waals surface area contributed by atoms with Crippen molar-refractivity contribution in [2.24, 2.45) is 11.8 Å². The van der Waals surface area contributed by atoms with E-state index in [4.69, 9.17) is 4.52 Å². The fraction of sp³-hybridized carbons (Fsp3) is 0.259. The number of carbonyl (C=O) groups excluding carboxylic acids is 1. The van der Waals surface area contributed by atoms with Crippen molar-refractivity contribution < 1.29 is 13.7 Å². The average Bonchev–Trinajstić information content (AvgIpc) is 3.22. The van der Waals surface area contributed by atoms with Gasteiger partial charge in [-0.2, -0.15) is 0 Å². The molecule has 6 heteroatoms. The highest BCUT2D eigenvalue weighted by Crippen LogP contribution is 2.47. The van der Waals surface area contributed by atoms with E-state index in [9.17, 15) is 9.18 Å². The van der Waals surface area contributed by atoms with Crippen molar-refractivity contribution in [2.75, 3.05) is 23.3 Å². The Hall–Kier alpha value is -3.67. The van der Waals surface area contributed by atoms with E-state index in [2.05, 4.69) is 29.2 Å². The monoisotopic (exact) mass is 441 g/mol. The molecular weight excluding hydrogens is 417 g/mol. The van der Waals surface area contributed by atoms with Crippen LogP contribution in [0.5, 0.6) is 0 Å². The Morgan fingerprint density at radius 2 is 1.79 bits per heavy atom. The van der Waals surface area contributed by atoms with Gasteiger partial charge in [0.15, 0.2) is 11.5 Å². The predicted molar refractivity (Wildman–Crippen MR) is 128 cm³/mol. The van der Waals surface area contributed by atoms with Crippen molar-refractivity contribution in [3.63, 3.8) is 0 Å². The summed E-state index contributed by atoms with van der Waals surface area (Å²) in [7, 11) is 0. The van der Waals surface area contributed by atoms with E-state index in [-0.39, 0.29) is 11.6 Å². The molecule has 0 amide bonds. The van der Waals surface area contributed by atoms with Crippen LogP contribution in [0.3, 0.4) is 0 Å². The summed E-state index contributed by atoms with van der Waals surface area (Å²) in [5.41, 5.74) is 4.72. The molecule has 0 radical (unpaired) electrons. The van der Waals surface area contributed by atoms with Crippen molar-refractivity contribution in [2.45, 2.75) is 20.3 Å². The maximum atomic E-state index is 13.9. The third-order valence-electron chi connectivity index (χ3n) is 6.69. The molecule has 0 bridgehead atoms. The van der Waals surface area contributed by atoms with E-state index in [0.717, 1.165) is 29.7 Å². The van der Waals surface area contributed by atoms with Crippen LogP contribution in [0, 0.1) is 17.7 Å². The quantitative estimate of drug-likeness (QED) is 0.351. The number of nitrogens with zero attached hydrogens (tertiary/aromatic N) is 2. The van der Waals surface area contributed by atoms with Gasteiger partial charge in [0.1, 0.15) is 11.3 Å². The lowest BCUT2D eigenvalue weighted by molar-refractivity contribution is 0.104. The molecule has 1 saturated heterocycles. The lowest BCUT2D eigenvalue weighted by Crippen LogP contribution is -2.39. The van der Waals surface area contributed by atoms with Crippen LogP contribution < -0.4 is 10.2 Å². The first-order chi connectivity index (χ1) is 16.0. The second-order valence-electron chi connectivity index (χ2n) is 9.41. The van der Waals surface area contributed by atoms with Gasteiger partial charge in [-0.3, -0.25) is 4.79 Å². The van der Waals surface area contributed by atoms with Crippen molar-refractivity contribution >= 4 is 33.7 Å². The summed E-state index contributed by atoms with van der Waals surface area (Å²) >= 11 is 0. The number of anilines is 3. The van der Waals surface area contributed by atoms with Gasteiger partial charge >= 0.3 is 0 Å². The normalized spacial score (nSPS) is 19.6. The minimum atomic E-state index is -0.337. The highest BCUT2D eigenvalue weighted by atomic mass is 19.1. The molecule has 0 saturated carbocycles. The Kier molecular flexibility index (Phi) is 4.50. The van der Waals surface area contributed by atoms with Crippen LogP contribution in [-0.2, 0) is 0 Å². The molecule has 4 aromatic rings. The summed E-state index contributed by atoms with van der Waals surface area (Å²) in [5.74, 6) is 1.28. The van der Waals surface area contributed by atoms with Gasteiger partial charge in [0.2, 0.25) is 0 Å². The summed E-state index contributed by atoms with van der Waals surface area (Å²) in [6.07, 6.45) is 1.18. The predicted octanol–water partition coefficient (Wildman–Crippen LogP) is 6.40. The topological polar surface area (TPSA) is 58.4 Å². The van der Waals surface area contributed by atoms with Gasteiger partial charge in [0.25, 0.3) is 0 Å². The largest absolute Gasteiger partial charge is 0.369 e. The SMILES string of the molecule is C[C@@H]1C[C@H](C)CN(c2cc(Nc3cccc(F)c3)c3c4c(onc24)-c2ccccc2C3=O)C1. The van der Waals surface area contributed by atoms with Crippen molar-refractivity contribution in [3.05, 3.63) is 71.5 Å². The third kappa shape index (κ3) is 3.20. The summed E-state index contributed by atoms with van der Waals surface area (Å²) in [6.45, 7) is 6.34. The number of benzene rings is 3. The smallest absolute Gasteiger partial charge is 0.196 e. The van der Waals surface area contributed by atoms with E-state index in [1.165, 1.54) is 18.6 Å². The fourth-order valence-corrected chi connectivity index (χ4v) is 5.46. The molecule has 1 aromatic heterocycles. The van der Waals surface area contributed by atoms with Gasteiger partial charge < -0.3 is 14.7 Å². The standard InChI is InChI=1S/C27H24FN3O2/c1-15-10-16(2)14-31(13-15)22-12-21(29-18-7-5-6-17(28)11-18)23-24-25(22)30-33-27(24)20-9-4-3-8-19(20)26(23)32/h3-9,11-12,15-16,29H,10,13-14H2,1-2H3/t15-,16+. The average molecular weight is 442 g/mol. The van der Waals surface area contributed by atoms with Gasteiger partial charge in [0, 0.05) is 29.9 Å². The molecule has 2 heterocycles. The van der Waals surface area contributed by atoms with E-state index in [1.54, 1.807) is 12.1 Å². The van der Waals surface area contributed by atoms with Crippen LogP contribution >= 0.6 is 0 Å². The van der Waals surface area contributed by atoms with E-state index < -0.39 is 0 Å². The summed E-state index contributed by atoms with van der Waals surface area (Å²) in [6, 6.07) is 15.7. The van der Waals surface area contributed by atoms with Crippen LogP contribution in [0.15, 0.2) is 59.1 Å². The van der Waals surface area contributed by atoms with E-state index >= 15 is 0 Å². The maximum absolute atomic E-state index is 13.9. The number of hydrogen-bond acceptors (Lipinski definition) is 5. The lowest BCUT2D eigenvalue weighted by Gasteiger charge is -2.37. The highest BCUT2D eigenvalue weighted by molar-refractivity contribution is 6.28. The molecule has 1 aliphatic carbocycles. The Morgan fingerprint density at radius 1 is 1.03 bits per heavy atom. The summed E-state index contributed by atoms with van der Waals surface area (Å²) < 4.78 is 19.8. The zero-order valence-electron chi connectivity index (χ0n) is 18.6. The number of rotatable bonds is 3. The number of nitrogens with one attached hydrogen (secondary N) is 1. The third-order valence-corrected chi connectivity index (χ3v) is 6.69. The molecule has 1 N–H and O–H groups in total. The van der Waals surface area contributed by atoms with Crippen LogP contribution in [0.25, 0.3) is 22.2 Å². The van der Waals surface area contributed by atoms with Crippen molar-refractivity contribution in [3.8, 4) is 11.3 Å². The number of fused-ring (bicyclic) bond motifs is 2. The first kappa shape index (κ1) is 20.0. The van der Waals surface area contributed by atoms with Gasteiger partial charge in [-0.05, 0) is 42.5 Å². The lowest BCUT2D eigenvalue weighted by atomic mass is 9.85. The molecule has 3 aromatic carbocycles. The van der Waals surface area contributed by atoms with Gasteiger partial charge in [-0.25, -0.2) is 4.39 Å². The molecule has 1 fully saturated rings. The van der Waals surface area contributed by atoms with Gasteiger partial charge in [-0.15, -0.1) is 0 Å². The number of piperidine rings is 1. The first-order valence-electron chi connectivity index (χ1n) is 11.4. The number of halogens is 1. The molecule has 0 unspecified atom stereocenters. The molecule has 2 atom stereocenters. The number of hydrogen-bond donors (Lipinski definition) is 1. The molecular formula is C27H24FN3O2. The highest BCUT2D eigenvalue weighted by Gasteiger charge is 2.34. The molecule has 1 aliphatic heterocycles. The Morgan fingerprint density at radius 3 is 2.55 bits per heavy atom. The number of ketones is 1. The Labute approximate surface area is 191 Å². The Bertz CT molecular complexity index is 1400. The van der Waals surface area contributed by atoms with Crippen molar-refractivity contribution in [1.82, 2.24) is 5.16 Å². The molecule has 5 nitrogen and oxygen atoms in total. The second-order valence-corrected chi connectivity index (χ2v) is 9.41. The minimum absolute atomic E-state index is 0.0860. The maximum Gasteiger partial charge on any atom is 0.196 e. The second kappa shape index (κ2) is 7.44. The molecule has 6 rings (SSSR count). The van der Waals surface area contributed by atoms with Crippen LogP contribution in [0.2, 0.25) is 0 Å². The summed E-state index contributed by atoms with van der Waals surface area (Å²) in [4.78, 5) is 16.0. The fourth-order valence-electron chi connectivity index (χ4n) is 5.46. The summed E-state index contributed by atoms with van der Waals surface area (Å²) in [5, 5.41) is 8.49. The first-order valence-corrected chi connectivity index (χ1v) is 11.4. The zero-order valence-corrected chi connectivity index (χ0v) is 18.6. The zero-order chi connectivity index (χ0) is 22.7. The molecule has 166 valence electrons. The van der Waals surface area contributed by atoms with Gasteiger partial charge in [0.05, 0.1) is 22.3 Å². The molecule has 2 aliphatic rings. The number of aromatic nitrogens is 1. The number of carbonyl (C=O) groups is 1. The molecule has 0 spiro atoms. The van der Waals surface area contributed by atoms with E-state index in [1.807, 2.05) is 30.3 Å². The van der Waals surface area contributed by atoms with Crippen LogP contribution in [-0.4, -0.2) is 24.0 Å². The van der Waals surface area contributed by atoms with Gasteiger partial charge in [-0.1, -0.05) is 49.3 Å².